The molecule has 1 aromatic carbocycles. The van der Waals surface area contributed by atoms with Crippen LogP contribution in [0.5, 0.6) is 0 Å². The summed E-state index contributed by atoms with van der Waals surface area (Å²) in [5.74, 6) is 0.367. The van der Waals surface area contributed by atoms with Gasteiger partial charge < -0.3 is 0 Å². The lowest BCUT2D eigenvalue weighted by Crippen LogP contribution is -2.05. The number of rotatable bonds is 4. The molecule has 0 atom stereocenters. The van der Waals surface area contributed by atoms with Crippen molar-refractivity contribution in [1.82, 2.24) is 0 Å². The fraction of sp³-hybridized carbons (Fsp3) is 0.300. The average molecular weight is 277 g/mol. The molecule has 1 aromatic rings. The topological polar surface area (TPSA) is 17.1 Å². The Kier molecular flexibility index (Phi) is 4.62. The third-order valence-corrected chi connectivity index (χ3v) is 3.06. The molecule has 0 heterocycles. The molecule has 0 aliphatic heterocycles. The molecule has 0 aliphatic rings. The van der Waals surface area contributed by atoms with Gasteiger partial charge in [-0.05, 0) is 24.0 Å². The van der Waals surface area contributed by atoms with Crippen molar-refractivity contribution in [2.75, 3.05) is 12.0 Å². The average Bonchev–Trinajstić information content (AvgIpc) is 2.10. The summed E-state index contributed by atoms with van der Waals surface area (Å²) < 4.78 is 13.4. The van der Waals surface area contributed by atoms with Crippen LogP contribution in [0.4, 0.5) is 4.39 Å². The summed E-state index contributed by atoms with van der Waals surface area (Å²) in [7, 11) is 0. The van der Waals surface area contributed by atoms with Crippen LogP contribution in [0.25, 0.3) is 0 Å². The third-order valence-electron chi connectivity index (χ3n) is 1.71. The Morgan fingerprint density at radius 3 is 2.86 bits per heavy atom. The minimum atomic E-state index is -0.294. The summed E-state index contributed by atoms with van der Waals surface area (Å²) in [6, 6.07) is 4.38. The van der Waals surface area contributed by atoms with Gasteiger partial charge in [-0.15, -0.1) is 0 Å². The van der Waals surface area contributed by atoms with E-state index >= 15 is 0 Å². The predicted molar refractivity (Wildman–Crippen MR) is 61.2 cm³/mol. The van der Waals surface area contributed by atoms with Crippen molar-refractivity contribution < 1.29 is 9.18 Å². The van der Waals surface area contributed by atoms with Gasteiger partial charge in [-0.3, -0.25) is 4.79 Å². The molecule has 0 bridgehead atoms. The van der Waals surface area contributed by atoms with Gasteiger partial charge in [0.15, 0.2) is 0 Å². The molecule has 1 nitrogen and oxygen atoms in total. The van der Waals surface area contributed by atoms with Gasteiger partial charge in [-0.1, -0.05) is 22.0 Å². The predicted octanol–water partition coefficient (Wildman–Crippen LogP) is 3.06. The molecule has 0 fully saturated rings. The highest BCUT2D eigenvalue weighted by molar-refractivity contribution is 9.10. The Hall–Kier alpha value is -0.350. The van der Waals surface area contributed by atoms with Gasteiger partial charge in [-0.2, -0.15) is 11.8 Å². The standard InChI is InChI=1S/C10H10BrFOS/c1-14-6-9(13)4-7-2-3-8(12)5-10(7)11/h2-3,5H,4,6H2,1H3. The first kappa shape index (κ1) is 11.7. The molecule has 1 rings (SSSR count). The second kappa shape index (κ2) is 5.51. The summed E-state index contributed by atoms with van der Waals surface area (Å²) in [5, 5.41) is 0. The molecule has 0 aliphatic carbocycles. The number of thioether (sulfide) groups is 1. The molecule has 0 aromatic heterocycles. The van der Waals surface area contributed by atoms with Gasteiger partial charge in [0.1, 0.15) is 11.6 Å². The van der Waals surface area contributed by atoms with Crippen LogP contribution in [0.1, 0.15) is 5.56 Å². The van der Waals surface area contributed by atoms with Crippen molar-refractivity contribution in [2.24, 2.45) is 0 Å². The van der Waals surface area contributed by atoms with Crippen molar-refractivity contribution >= 4 is 33.5 Å². The first-order chi connectivity index (χ1) is 6.63. The number of carbonyl (C=O) groups excluding carboxylic acids is 1. The number of hydrogen-bond acceptors (Lipinski definition) is 2. The lowest BCUT2D eigenvalue weighted by molar-refractivity contribution is -0.116. The Morgan fingerprint density at radius 1 is 1.57 bits per heavy atom. The summed E-state index contributed by atoms with van der Waals surface area (Å²) in [5.41, 5.74) is 0.838. The van der Waals surface area contributed by atoms with Gasteiger partial charge in [0, 0.05) is 10.9 Å². The molecule has 0 unspecified atom stereocenters. The number of hydrogen-bond donors (Lipinski definition) is 0. The van der Waals surface area contributed by atoms with E-state index in [1.54, 1.807) is 6.07 Å². The van der Waals surface area contributed by atoms with Crippen molar-refractivity contribution in [1.29, 1.82) is 0 Å². The van der Waals surface area contributed by atoms with Crippen molar-refractivity contribution in [3.63, 3.8) is 0 Å². The maximum atomic E-state index is 12.7. The molecule has 14 heavy (non-hydrogen) atoms. The fourth-order valence-corrected chi connectivity index (χ4v) is 2.00. The highest BCUT2D eigenvalue weighted by Gasteiger charge is 2.06. The lowest BCUT2D eigenvalue weighted by atomic mass is 10.1. The second-order valence-electron chi connectivity index (χ2n) is 2.88. The molecule has 0 saturated carbocycles. The third kappa shape index (κ3) is 3.42. The molecule has 0 amide bonds. The van der Waals surface area contributed by atoms with Crippen LogP contribution >= 0.6 is 27.7 Å². The van der Waals surface area contributed by atoms with Gasteiger partial charge in [0.05, 0.1) is 5.75 Å². The van der Waals surface area contributed by atoms with Crippen LogP contribution < -0.4 is 0 Å². The zero-order valence-electron chi connectivity index (χ0n) is 7.72. The van der Waals surface area contributed by atoms with Gasteiger partial charge in [0.25, 0.3) is 0 Å². The number of carbonyl (C=O) groups is 1. The highest BCUT2D eigenvalue weighted by atomic mass is 79.9. The molecule has 0 N–H and O–H groups in total. The first-order valence-electron chi connectivity index (χ1n) is 4.08. The Morgan fingerprint density at radius 2 is 2.29 bits per heavy atom. The van der Waals surface area contributed by atoms with E-state index < -0.39 is 0 Å². The van der Waals surface area contributed by atoms with Crippen LogP contribution in [0, 0.1) is 5.82 Å². The highest BCUT2D eigenvalue weighted by Crippen LogP contribution is 2.19. The molecule has 0 saturated heterocycles. The number of halogens is 2. The van der Waals surface area contributed by atoms with E-state index in [2.05, 4.69) is 15.9 Å². The van der Waals surface area contributed by atoms with Crippen LogP contribution in [-0.2, 0) is 11.2 Å². The van der Waals surface area contributed by atoms with Gasteiger partial charge >= 0.3 is 0 Å². The van der Waals surface area contributed by atoms with Gasteiger partial charge in [-0.25, -0.2) is 4.39 Å². The van der Waals surface area contributed by atoms with Crippen molar-refractivity contribution in [2.45, 2.75) is 6.42 Å². The smallest absolute Gasteiger partial charge is 0.147 e. The van der Waals surface area contributed by atoms with E-state index in [4.69, 9.17) is 0 Å². The maximum absolute atomic E-state index is 12.7. The van der Waals surface area contributed by atoms with Gasteiger partial charge in [0.2, 0.25) is 0 Å². The first-order valence-corrected chi connectivity index (χ1v) is 6.26. The SMILES string of the molecule is CSCC(=O)Cc1ccc(F)cc1Br. The minimum Gasteiger partial charge on any atom is -0.298 e. The summed E-state index contributed by atoms with van der Waals surface area (Å²) in [6.45, 7) is 0. The van der Waals surface area contributed by atoms with E-state index in [0.29, 0.717) is 16.6 Å². The zero-order valence-corrected chi connectivity index (χ0v) is 10.1. The maximum Gasteiger partial charge on any atom is 0.147 e. The molecule has 0 spiro atoms. The van der Waals surface area contributed by atoms with Crippen LogP contribution in [-0.4, -0.2) is 17.8 Å². The molecular weight excluding hydrogens is 267 g/mol. The monoisotopic (exact) mass is 276 g/mol. The largest absolute Gasteiger partial charge is 0.298 e. The molecular formula is C10H10BrFOS. The minimum absolute atomic E-state index is 0.157. The number of ketones is 1. The Balaban J connectivity index is 2.72. The normalized spacial score (nSPS) is 10.2. The van der Waals surface area contributed by atoms with Crippen LogP contribution in [0.2, 0.25) is 0 Å². The van der Waals surface area contributed by atoms with Crippen molar-refractivity contribution in [3.8, 4) is 0 Å². The summed E-state index contributed by atoms with van der Waals surface area (Å²) in [4.78, 5) is 11.3. The summed E-state index contributed by atoms with van der Waals surface area (Å²) in [6.07, 6.45) is 2.25. The quantitative estimate of drug-likeness (QED) is 0.841. The van der Waals surface area contributed by atoms with Crippen LogP contribution in [0.3, 0.4) is 0 Å². The Bertz CT molecular complexity index is 341. The van der Waals surface area contributed by atoms with Crippen LogP contribution in [0.15, 0.2) is 22.7 Å². The number of Topliss-reactive ketones (excluding diaryl/α,β-unsaturated/α-hetero) is 1. The fourth-order valence-electron chi connectivity index (χ4n) is 1.09. The number of benzene rings is 1. The lowest BCUT2D eigenvalue weighted by Gasteiger charge is -2.02. The van der Waals surface area contributed by atoms with E-state index in [-0.39, 0.29) is 11.6 Å². The molecule has 4 heteroatoms. The summed E-state index contributed by atoms with van der Waals surface area (Å²) >= 11 is 4.73. The second-order valence-corrected chi connectivity index (χ2v) is 4.60. The van der Waals surface area contributed by atoms with E-state index in [1.807, 2.05) is 6.26 Å². The van der Waals surface area contributed by atoms with E-state index in [1.165, 1.54) is 23.9 Å². The molecule has 0 radical (unpaired) electrons. The van der Waals surface area contributed by atoms with E-state index in [9.17, 15) is 9.18 Å². The zero-order chi connectivity index (χ0) is 10.6. The van der Waals surface area contributed by atoms with E-state index in [0.717, 1.165) is 5.56 Å². The Labute approximate surface area is 95.2 Å². The molecule has 76 valence electrons. The van der Waals surface area contributed by atoms with Crippen molar-refractivity contribution in [3.05, 3.63) is 34.1 Å².